The number of aromatic amines is 1. The molecule has 5 nitrogen and oxygen atoms in total. The van der Waals surface area contributed by atoms with E-state index in [9.17, 15) is 0 Å². The summed E-state index contributed by atoms with van der Waals surface area (Å²) in [5.74, 6) is 1.17. The molecule has 0 unspecified atom stereocenters. The standard InChI is InChI=1S/C13H15N5/c1-8-4-14-5-9(8)11-6-16-12-7-17-13-10(18(11)12)2-3-15-13/h2-3,6-9,14-15H,4-5H2,1H3/t8-,9+/m1/s1. The van der Waals surface area contributed by atoms with E-state index in [1.54, 1.807) is 0 Å². The highest BCUT2D eigenvalue weighted by Crippen LogP contribution is 2.29. The largest absolute Gasteiger partial charge is 0.345 e. The van der Waals surface area contributed by atoms with E-state index >= 15 is 0 Å². The summed E-state index contributed by atoms with van der Waals surface area (Å²) in [6.45, 7) is 4.40. The Balaban J connectivity index is 2.02. The topological polar surface area (TPSA) is 58.0 Å². The molecule has 0 radical (unpaired) electrons. The lowest BCUT2D eigenvalue weighted by Gasteiger charge is -2.14. The highest BCUT2D eigenvalue weighted by molar-refractivity contribution is 5.74. The Kier molecular flexibility index (Phi) is 1.99. The summed E-state index contributed by atoms with van der Waals surface area (Å²) >= 11 is 0. The average Bonchev–Trinajstić information content (AvgIpc) is 3.04. The molecule has 3 aromatic rings. The van der Waals surface area contributed by atoms with Gasteiger partial charge in [-0.3, -0.25) is 4.40 Å². The summed E-state index contributed by atoms with van der Waals surface area (Å²) in [5, 5.41) is 3.45. The van der Waals surface area contributed by atoms with Crippen LogP contribution in [-0.2, 0) is 0 Å². The van der Waals surface area contributed by atoms with Gasteiger partial charge in [0.25, 0.3) is 0 Å². The first kappa shape index (κ1) is 10.1. The van der Waals surface area contributed by atoms with Crippen molar-refractivity contribution in [2.75, 3.05) is 13.1 Å². The van der Waals surface area contributed by atoms with Gasteiger partial charge < -0.3 is 10.3 Å². The molecule has 4 rings (SSSR count). The van der Waals surface area contributed by atoms with Gasteiger partial charge in [0.05, 0.1) is 11.7 Å². The molecule has 1 saturated heterocycles. The second kappa shape index (κ2) is 3.55. The van der Waals surface area contributed by atoms with Crippen LogP contribution in [0.2, 0.25) is 0 Å². The maximum absolute atomic E-state index is 4.49. The van der Waals surface area contributed by atoms with Gasteiger partial charge in [-0.1, -0.05) is 6.92 Å². The van der Waals surface area contributed by atoms with E-state index in [0.29, 0.717) is 11.8 Å². The summed E-state index contributed by atoms with van der Waals surface area (Å²) in [6, 6.07) is 2.06. The Morgan fingerprint density at radius 1 is 1.28 bits per heavy atom. The molecule has 1 fully saturated rings. The maximum atomic E-state index is 4.49. The van der Waals surface area contributed by atoms with Gasteiger partial charge in [-0.15, -0.1) is 0 Å². The number of aromatic nitrogens is 4. The molecule has 0 aliphatic carbocycles. The Morgan fingerprint density at radius 2 is 2.22 bits per heavy atom. The number of imidazole rings is 1. The zero-order chi connectivity index (χ0) is 12.1. The van der Waals surface area contributed by atoms with E-state index in [1.807, 2.05) is 18.6 Å². The third-order valence-electron chi connectivity index (χ3n) is 3.97. The highest BCUT2D eigenvalue weighted by Gasteiger charge is 2.27. The molecule has 0 spiro atoms. The van der Waals surface area contributed by atoms with Crippen LogP contribution < -0.4 is 5.32 Å². The quantitative estimate of drug-likeness (QED) is 0.679. The lowest BCUT2D eigenvalue weighted by Crippen LogP contribution is -2.10. The minimum absolute atomic E-state index is 0.528. The Hall–Kier alpha value is -1.88. The molecule has 0 amide bonds. The lowest BCUT2D eigenvalue weighted by molar-refractivity contribution is 0.558. The van der Waals surface area contributed by atoms with Crippen molar-refractivity contribution in [3.8, 4) is 0 Å². The summed E-state index contributed by atoms with van der Waals surface area (Å²) in [6.07, 6.45) is 5.75. The first-order chi connectivity index (χ1) is 8.84. The van der Waals surface area contributed by atoms with Crippen molar-refractivity contribution in [1.82, 2.24) is 24.7 Å². The number of fused-ring (bicyclic) bond motifs is 3. The monoisotopic (exact) mass is 241 g/mol. The zero-order valence-corrected chi connectivity index (χ0v) is 10.2. The Labute approximate surface area is 104 Å². The van der Waals surface area contributed by atoms with Crippen LogP contribution in [-0.4, -0.2) is 32.4 Å². The van der Waals surface area contributed by atoms with E-state index in [1.165, 1.54) is 5.69 Å². The van der Waals surface area contributed by atoms with Gasteiger partial charge in [0.1, 0.15) is 0 Å². The molecular weight excluding hydrogens is 226 g/mol. The summed E-state index contributed by atoms with van der Waals surface area (Å²) < 4.78 is 2.23. The van der Waals surface area contributed by atoms with Crippen molar-refractivity contribution < 1.29 is 0 Å². The minimum atomic E-state index is 0.528. The molecule has 2 N–H and O–H groups in total. The van der Waals surface area contributed by atoms with Crippen LogP contribution in [0, 0.1) is 5.92 Å². The second-order valence-electron chi connectivity index (χ2n) is 5.09. The molecule has 1 aliphatic rings. The number of hydrogen-bond acceptors (Lipinski definition) is 3. The molecule has 92 valence electrons. The van der Waals surface area contributed by atoms with Crippen molar-refractivity contribution in [3.05, 3.63) is 30.4 Å². The van der Waals surface area contributed by atoms with Gasteiger partial charge in [-0.2, -0.15) is 0 Å². The van der Waals surface area contributed by atoms with Gasteiger partial charge in [-0.05, 0) is 18.5 Å². The van der Waals surface area contributed by atoms with E-state index in [0.717, 1.165) is 29.9 Å². The fourth-order valence-corrected chi connectivity index (χ4v) is 2.96. The molecule has 5 heteroatoms. The number of rotatable bonds is 1. The molecule has 3 aromatic heterocycles. The molecule has 18 heavy (non-hydrogen) atoms. The Bertz CT molecular complexity index is 710. The molecule has 2 atom stereocenters. The van der Waals surface area contributed by atoms with Crippen LogP contribution in [0.5, 0.6) is 0 Å². The predicted molar refractivity (Wildman–Crippen MR) is 69.6 cm³/mol. The lowest BCUT2D eigenvalue weighted by atomic mass is 9.95. The van der Waals surface area contributed by atoms with Crippen molar-refractivity contribution in [2.45, 2.75) is 12.8 Å². The smallest absolute Gasteiger partial charge is 0.156 e. The molecule has 0 saturated carbocycles. The van der Waals surface area contributed by atoms with Gasteiger partial charge in [0, 0.05) is 30.6 Å². The number of hydrogen-bond donors (Lipinski definition) is 2. The van der Waals surface area contributed by atoms with Crippen LogP contribution in [0.3, 0.4) is 0 Å². The van der Waals surface area contributed by atoms with Crippen molar-refractivity contribution in [2.24, 2.45) is 5.92 Å². The third-order valence-corrected chi connectivity index (χ3v) is 3.97. The minimum Gasteiger partial charge on any atom is -0.345 e. The normalized spacial score (nSPS) is 24.3. The van der Waals surface area contributed by atoms with Crippen molar-refractivity contribution in [3.63, 3.8) is 0 Å². The fraction of sp³-hybridized carbons (Fsp3) is 0.385. The highest BCUT2D eigenvalue weighted by atomic mass is 15.1. The van der Waals surface area contributed by atoms with Crippen LogP contribution in [0.15, 0.2) is 24.7 Å². The van der Waals surface area contributed by atoms with Crippen molar-refractivity contribution in [1.29, 1.82) is 0 Å². The predicted octanol–water partition coefficient (Wildman–Crippen LogP) is 1.53. The summed E-state index contributed by atoms with van der Waals surface area (Å²) in [7, 11) is 0. The molecule has 0 aromatic carbocycles. The molecule has 0 bridgehead atoms. The SMILES string of the molecule is C[C@@H]1CNC[C@@H]1c1cnc2cnc3[nH]ccc3n12. The first-order valence-corrected chi connectivity index (χ1v) is 6.35. The molecule has 4 heterocycles. The molecule has 1 aliphatic heterocycles. The van der Waals surface area contributed by atoms with Crippen molar-refractivity contribution >= 4 is 16.8 Å². The summed E-state index contributed by atoms with van der Waals surface area (Å²) in [5.41, 5.74) is 4.24. The fourth-order valence-electron chi connectivity index (χ4n) is 2.96. The third kappa shape index (κ3) is 1.25. The van der Waals surface area contributed by atoms with E-state index in [2.05, 4.69) is 37.7 Å². The first-order valence-electron chi connectivity index (χ1n) is 6.35. The maximum Gasteiger partial charge on any atom is 0.156 e. The summed E-state index contributed by atoms with van der Waals surface area (Å²) in [4.78, 5) is 12.0. The van der Waals surface area contributed by atoms with Gasteiger partial charge in [0.15, 0.2) is 11.3 Å². The van der Waals surface area contributed by atoms with Crippen LogP contribution in [0.1, 0.15) is 18.5 Å². The number of H-pyrrole nitrogens is 1. The van der Waals surface area contributed by atoms with E-state index < -0.39 is 0 Å². The van der Waals surface area contributed by atoms with E-state index in [4.69, 9.17) is 0 Å². The number of nitrogens with one attached hydrogen (secondary N) is 2. The molecular formula is C13H15N5. The van der Waals surface area contributed by atoms with Gasteiger partial charge in [-0.25, -0.2) is 9.97 Å². The second-order valence-corrected chi connectivity index (χ2v) is 5.09. The van der Waals surface area contributed by atoms with E-state index in [-0.39, 0.29) is 0 Å². The van der Waals surface area contributed by atoms with Gasteiger partial charge >= 0.3 is 0 Å². The van der Waals surface area contributed by atoms with Gasteiger partial charge in [0.2, 0.25) is 0 Å². The van der Waals surface area contributed by atoms with Crippen LogP contribution >= 0.6 is 0 Å². The number of nitrogens with zero attached hydrogens (tertiary/aromatic N) is 3. The van der Waals surface area contributed by atoms with Crippen LogP contribution in [0.25, 0.3) is 16.8 Å². The average molecular weight is 241 g/mol. The van der Waals surface area contributed by atoms with Crippen LogP contribution in [0.4, 0.5) is 0 Å². The zero-order valence-electron chi connectivity index (χ0n) is 10.2. The Morgan fingerprint density at radius 3 is 3.06 bits per heavy atom.